The summed E-state index contributed by atoms with van der Waals surface area (Å²) in [5.41, 5.74) is 6.95. The van der Waals surface area contributed by atoms with Gasteiger partial charge in [-0.25, -0.2) is 0 Å². The van der Waals surface area contributed by atoms with Crippen LogP contribution in [0.3, 0.4) is 0 Å². The standard InChI is InChI=1S/C17H25N3O/c18-11-17(21)20(15-8-9-15)16-7-4-10-19(13-16)12-14-5-2-1-3-6-14/h1-3,5-6,15-16H,4,7-13,18H2/t16-/m0/s1. The Morgan fingerprint density at radius 3 is 2.62 bits per heavy atom. The number of nitrogens with zero attached hydrogens (tertiary/aromatic N) is 2. The van der Waals surface area contributed by atoms with Crippen molar-refractivity contribution < 1.29 is 4.79 Å². The van der Waals surface area contributed by atoms with Gasteiger partial charge in [-0.05, 0) is 37.8 Å². The van der Waals surface area contributed by atoms with Crippen molar-refractivity contribution in [1.82, 2.24) is 9.80 Å². The van der Waals surface area contributed by atoms with Gasteiger partial charge in [0.1, 0.15) is 0 Å². The van der Waals surface area contributed by atoms with E-state index in [0.29, 0.717) is 12.1 Å². The van der Waals surface area contributed by atoms with Gasteiger partial charge < -0.3 is 10.6 Å². The van der Waals surface area contributed by atoms with Crippen molar-refractivity contribution in [3.05, 3.63) is 35.9 Å². The molecule has 1 aromatic rings. The van der Waals surface area contributed by atoms with E-state index in [-0.39, 0.29) is 12.5 Å². The number of nitrogens with two attached hydrogens (primary N) is 1. The highest BCUT2D eigenvalue weighted by atomic mass is 16.2. The Morgan fingerprint density at radius 1 is 1.19 bits per heavy atom. The molecule has 1 amide bonds. The third-order valence-corrected chi connectivity index (χ3v) is 4.53. The molecule has 3 rings (SSSR count). The topological polar surface area (TPSA) is 49.6 Å². The summed E-state index contributed by atoms with van der Waals surface area (Å²) in [7, 11) is 0. The molecule has 2 N–H and O–H groups in total. The molecule has 0 spiro atoms. The fraction of sp³-hybridized carbons (Fsp3) is 0.588. The number of likely N-dealkylation sites (tertiary alicyclic amines) is 1. The predicted octanol–water partition coefficient (Wildman–Crippen LogP) is 1.60. The molecule has 21 heavy (non-hydrogen) atoms. The van der Waals surface area contributed by atoms with Crippen LogP contribution in [0.4, 0.5) is 0 Å². The average molecular weight is 287 g/mol. The van der Waals surface area contributed by atoms with E-state index in [0.717, 1.165) is 38.9 Å². The second kappa shape index (κ2) is 6.58. The first kappa shape index (κ1) is 14.5. The van der Waals surface area contributed by atoms with Crippen molar-refractivity contribution in [1.29, 1.82) is 0 Å². The summed E-state index contributed by atoms with van der Waals surface area (Å²) >= 11 is 0. The summed E-state index contributed by atoms with van der Waals surface area (Å²) in [5.74, 6) is 0.129. The Bertz CT molecular complexity index is 472. The molecule has 4 heteroatoms. The van der Waals surface area contributed by atoms with Crippen molar-refractivity contribution in [3.8, 4) is 0 Å². The van der Waals surface area contributed by atoms with Gasteiger partial charge in [-0.15, -0.1) is 0 Å². The molecule has 114 valence electrons. The summed E-state index contributed by atoms with van der Waals surface area (Å²) < 4.78 is 0. The molecule has 1 atom stereocenters. The zero-order valence-electron chi connectivity index (χ0n) is 12.6. The van der Waals surface area contributed by atoms with Crippen LogP contribution in [-0.4, -0.2) is 47.4 Å². The quantitative estimate of drug-likeness (QED) is 0.895. The molecule has 1 saturated heterocycles. The molecular formula is C17H25N3O. The van der Waals surface area contributed by atoms with Gasteiger partial charge in [-0.1, -0.05) is 30.3 Å². The highest BCUT2D eigenvalue weighted by molar-refractivity contribution is 5.79. The number of rotatable bonds is 5. The lowest BCUT2D eigenvalue weighted by Crippen LogP contribution is -2.52. The molecule has 1 saturated carbocycles. The summed E-state index contributed by atoms with van der Waals surface area (Å²) in [6.45, 7) is 3.23. The van der Waals surface area contributed by atoms with E-state index >= 15 is 0 Å². The second-order valence-corrected chi connectivity index (χ2v) is 6.25. The van der Waals surface area contributed by atoms with E-state index in [1.807, 2.05) is 0 Å². The van der Waals surface area contributed by atoms with Crippen molar-refractivity contribution in [2.75, 3.05) is 19.6 Å². The molecule has 0 unspecified atom stereocenters. The fourth-order valence-corrected chi connectivity index (χ4v) is 3.41. The first-order valence-corrected chi connectivity index (χ1v) is 8.05. The maximum atomic E-state index is 12.1. The van der Waals surface area contributed by atoms with Crippen LogP contribution in [-0.2, 0) is 11.3 Å². The molecule has 4 nitrogen and oxygen atoms in total. The maximum absolute atomic E-state index is 12.1. The van der Waals surface area contributed by atoms with Crippen LogP contribution in [0.1, 0.15) is 31.2 Å². The Hall–Kier alpha value is -1.39. The largest absolute Gasteiger partial charge is 0.334 e. The SMILES string of the molecule is NCC(=O)N(C1CC1)[C@H]1CCCN(Cc2ccccc2)C1. The summed E-state index contributed by atoms with van der Waals surface area (Å²) in [5, 5.41) is 0. The van der Waals surface area contributed by atoms with Crippen LogP contribution in [0.15, 0.2) is 30.3 Å². The smallest absolute Gasteiger partial charge is 0.236 e. The summed E-state index contributed by atoms with van der Waals surface area (Å²) in [6.07, 6.45) is 4.59. The van der Waals surface area contributed by atoms with Crippen LogP contribution in [0.5, 0.6) is 0 Å². The number of hydrogen-bond donors (Lipinski definition) is 1. The zero-order valence-corrected chi connectivity index (χ0v) is 12.6. The van der Waals surface area contributed by atoms with Gasteiger partial charge in [0.2, 0.25) is 5.91 Å². The third kappa shape index (κ3) is 3.63. The number of amides is 1. The highest BCUT2D eigenvalue weighted by Crippen LogP contribution is 2.31. The lowest BCUT2D eigenvalue weighted by molar-refractivity contribution is -0.133. The van der Waals surface area contributed by atoms with E-state index < -0.39 is 0 Å². The van der Waals surface area contributed by atoms with Gasteiger partial charge in [-0.2, -0.15) is 0 Å². The Kier molecular flexibility index (Phi) is 4.56. The molecule has 0 radical (unpaired) electrons. The van der Waals surface area contributed by atoms with Gasteiger partial charge in [0.25, 0.3) is 0 Å². The van der Waals surface area contributed by atoms with E-state index in [4.69, 9.17) is 5.73 Å². The first-order chi connectivity index (χ1) is 10.3. The van der Waals surface area contributed by atoms with Crippen molar-refractivity contribution in [2.24, 2.45) is 5.73 Å². The van der Waals surface area contributed by atoms with Crippen molar-refractivity contribution >= 4 is 5.91 Å². The van der Waals surface area contributed by atoms with Crippen molar-refractivity contribution in [2.45, 2.75) is 44.3 Å². The van der Waals surface area contributed by atoms with Crippen molar-refractivity contribution in [3.63, 3.8) is 0 Å². The van der Waals surface area contributed by atoms with Gasteiger partial charge >= 0.3 is 0 Å². The second-order valence-electron chi connectivity index (χ2n) is 6.25. The van der Waals surface area contributed by atoms with Gasteiger partial charge in [-0.3, -0.25) is 9.69 Å². The van der Waals surface area contributed by atoms with E-state index in [1.54, 1.807) is 0 Å². The van der Waals surface area contributed by atoms with Gasteiger partial charge in [0.15, 0.2) is 0 Å². The third-order valence-electron chi connectivity index (χ3n) is 4.53. The number of benzene rings is 1. The lowest BCUT2D eigenvalue weighted by atomic mass is 10.0. The van der Waals surface area contributed by atoms with E-state index in [2.05, 4.69) is 40.1 Å². The minimum absolute atomic E-state index is 0.129. The minimum Gasteiger partial charge on any atom is -0.334 e. The van der Waals surface area contributed by atoms with Crippen LogP contribution in [0.25, 0.3) is 0 Å². The summed E-state index contributed by atoms with van der Waals surface area (Å²) in [4.78, 5) is 16.7. The number of piperidine rings is 1. The Labute approximate surface area is 126 Å². The monoisotopic (exact) mass is 287 g/mol. The normalized spacial score (nSPS) is 23.0. The van der Waals surface area contributed by atoms with Crippen LogP contribution < -0.4 is 5.73 Å². The molecule has 1 heterocycles. The summed E-state index contributed by atoms with van der Waals surface area (Å²) in [6, 6.07) is 11.4. The molecule has 1 aliphatic carbocycles. The van der Waals surface area contributed by atoms with Gasteiger partial charge in [0.05, 0.1) is 6.54 Å². The minimum atomic E-state index is 0.129. The molecule has 0 aromatic heterocycles. The highest BCUT2D eigenvalue weighted by Gasteiger charge is 2.38. The van der Waals surface area contributed by atoms with Crippen LogP contribution in [0, 0.1) is 0 Å². The predicted molar refractivity (Wildman–Crippen MR) is 83.7 cm³/mol. The number of carbonyl (C=O) groups excluding carboxylic acids is 1. The van der Waals surface area contributed by atoms with E-state index in [1.165, 1.54) is 12.0 Å². The molecule has 2 fully saturated rings. The average Bonchev–Trinajstić information content (AvgIpc) is 3.33. The molecule has 1 aliphatic heterocycles. The number of carbonyl (C=O) groups is 1. The van der Waals surface area contributed by atoms with Gasteiger partial charge in [0, 0.05) is 25.2 Å². The van der Waals surface area contributed by atoms with E-state index in [9.17, 15) is 4.79 Å². The maximum Gasteiger partial charge on any atom is 0.236 e. The number of hydrogen-bond acceptors (Lipinski definition) is 3. The Morgan fingerprint density at radius 2 is 1.95 bits per heavy atom. The molecule has 1 aromatic carbocycles. The Balaban J connectivity index is 1.63. The van der Waals surface area contributed by atoms with Crippen LogP contribution >= 0.6 is 0 Å². The molecule has 2 aliphatic rings. The fourth-order valence-electron chi connectivity index (χ4n) is 3.41. The lowest BCUT2D eigenvalue weighted by Gasteiger charge is -2.39. The molecular weight excluding hydrogens is 262 g/mol. The zero-order chi connectivity index (χ0) is 14.7. The molecule has 0 bridgehead atoms. The first-order valence-electron chi connectivity index (χ1n) is 8.05. The van der Waals surface area contributed by atoms with Crippen LogP contribution in [0.2, 0.25) is 0 Å².